The summed E-state index contributed by atoms with van der Waals surface area (Å²) in [5.41, 5.74) is 4.89. The maximum Gasteiger partial charge on any atom is 0.227 e. The second kappa shape index (κ2) is 9.91. The Kier molecular flexibility index (Phi) is 7.03. The number of fused-ring (bicyclic) bond motifs is 1. The third-order valence-electron chi connectivity index (χ3n) is 5.08. The second-order valence-corrected chi connectivity index (χ2v) is 7.01. The predicted octanol–water partition coefficient (Wildman–Crippen LogP) is 4.78. The lowest BCUT2D eigenvalue weighted by atomic mass is 9.99. The van der Waals surface area contributed by atoms with E-state index in [1.807, 2.05) is 37.4 Å². The van der Waals surface area contributed by atoms with E-state index < -0.39 is 0 Å². The van der Waals surface area contributed by atoms with Crippen molar-refractivity contribution >= 4 is 11.6 Å². The van der Waals surface area contributed by atoms with Crippen LogP contribution in [-0.2, 0) is 24.1 Å². The van der Waals surface area contributed by atoms with Crippen molar-refractivity contribution in [3.63, 3.8) is 0 Å². The largest absolute Gasteiger partial charge is 0.315 e. The van der Waals surface area contributed by atoms with E-state index in [0.717, 1.165) is 50.6 Å². The average Bonchev–Trinajstić information content (AvgIpc) is 3.04. The quantitative estimate of drug-likeness (QED) is 0.720. The zero-order valence-electron chi connectivity index (χ0n) is 16.2. The van der Waals surface area contributed by atoms with Gasteiger partial charge >= 0.3 is 0 Å². The Bertz CT molecular complexity index is 789. The number of aromatic nitrogens is 2. The summed E-state index contributed by atoms with van der Waals surface area (Å²) in [4.78, 5) is 14.0. The molecule has 1 N–H and O–H groups in total. The number of aromatic amines is 1. The highest BCUT2D eigenvalue weighted by Crippen LogP contribution is 2.20. The van der Waals surface area contributed by atoms with Crippen molar-refractivity contribution in [2.45, 2.75) is 51.4 Å². The van der Waals surface area contributed by atoms with Gasteiger partial charge in [-0.05, 0) is 62.6 Å². The molecule has 0 saturated carbocycles. The monoisotopic (exact) mass is 363 g/mol. The number of carbonyl (C=O) groups excluding carboxylic acids is 1. The molecule has 1 heterocycles. The minimum Gasteiger partial charge on any atom is -0.315 e. The fraction of sp³-hybridized carbons (Fsp3) is 0.391. The first-order valence-electron chi connectivity index (χ1n) is 9.92. The molecule has 27 heavy (non-hydrogen) atoms. The van der Waals surface area contributed by atoms with Crippen molar-refractivity contribution in [2.75, 3.05) is 11.9 Å². The van der Waals surface area contributed by atoms with Crippen LogP contribution < -0.4 is 4.90 Å². The van der Waals surface area contributed by atoms with Gasteiger partial charge in [0.25, 0.3) is 0 Å². The number of allylic oxidation sites excluding steroid dienone is 4. The van der Waals surface area contributed by atoms with E-state index >= 15 is 0 Å². The number of nitrogens with one attached hydrogen (secondary N) is 1. The molecular formula is C23H29N3O. The standard InChI is InChI=1S/C23H29N3O/c1-26(19-13-7-6-8-14-19)23(27)18-12-5-4-11-17-22-20-15-9-2-3-10-16-21(20)24-25-22/h2-8,13-14H,9-12,15-18H2,1H3,(H,24,25)/b3-2-,5-4+. The van der Waals surface area contributed by atoms with E-state index in [1.165, 1.54) is 17.0 Å². The van der Waals surface area contributed by atoms with E-state index in [2.05, 4.69) is 34.5 Å². The summed E-state index contributed by atoms with van der Waals surface area (Å²) >= 11 is 0. The molecule has 0 spiro atoms. The zero-order chi connectivity index (χ0) is 18.9. The number of H-pyrrole nitrogens is 1. The number of aryl methyl sites for hydroxylation is 2. The smallest absolute Gasteiger partial charge is 0.227 e. The molecule has 2 aromatic rings. The van der Waals surface area contributed by atoms with Crippen LogP contribution in [0, 0.1) is 0 Å². The first-order valence-corrected chi connectivity index (χ1v) is 9.92. The second-order valence-electron chi connectivity index (χ2n) is 7.01. The zero-order valence-corrected chi connectivity index (χ0v) is 16.2. The van der Waals surface area contributed by atoms with Gasteiger partial charge in [0.2, 0.25) is 5.91 Å². The van der Waals surface area contributed by atoms with Crippen LogP contribution in [0.5, 0.6) is 0 Å². The van der Waals surface area contributed by atoms with Gasteiger partial charge in [-0.2, -0.15) is 5.10 Å². The van der Waals surface area contributed by atoms with Crippen molar-refractivity contribution in [3.8, 4) is 0 Å². The van der Waals surface area contributed by atoms with Gasteiger partial charge in [-0.3, -0.25) is 9.89 Å². The summed E-state index contributed by atoms with van der Waals surface area (Å²) in [6, 6.07) is 9.78. The fourth-order valence-corrected chi connectivity index (χ4v) is 3.47. The molecule has 1 aliphatic rings. The van der Waals surface area contributed by atoms with E-state index in [-0.39, 0.29) is 5.91 Å². The number of carbonyl (C=O) groups is 1. The maximum absolute atomic E-state index is 12.3. The fourth-order valence-electron chi connectivity index (χ4n) is 3.47. The molecule has 0 atom stereocenters. The van der Waals surface area contributed by atoms with E-state index in [4.69, 9.17) is 0 Å². The predicted molar refractivity (Wildman–Crippen MR) is 111 cm³/mol. The van der Waals surface area contributed by atoms with Crippen molar-refractivity contribution in [3.05, 3.63) is 71.6 Å². The van der Waals surface area contributed by atoms with Gasteiger partial charge < -0.3 is 4.90 Å². The lowest BCUT2D eigenvalue weighted by molar-refractivity contribution is -0.118. The Morgan fingerprint density at radius 1 is 1.11 bits per heavy atom. The molecule has 4 nitrogen and oxygen atoms in total. The third kappa shape index (κ3) is 5.43. The van der Waals surface area contributed by atoms with Crippen molar-refractivity contribution in [1.29, 1.82) is 0 Å². The van der Waals surface area contributed by atoms with Crippen LogP contribution in [0.2, 0.25) is 0 Å². The molecule has 0 unspecified atom stereocenters. The van der Waals surface area contributed by atoms with Crippen LogP contribution in [-0.4, -0.2) is 23.2 Å². The van der Waals surface area contributed by atoms with Gasteiger partial charge in [0, 0.05) is 24.8 Å². The number of hydrogen-bond acceptors (Lipinski definition) is 2. The van der Waals surface area contributed by atoms with E-state index in [9.17, 15) is 4.79 Å². The van der Waals surface area contributed by atoms with Gasteiger partial charge in [-0.15, -0.1) is 0 Å². The summed E-state index contributed by atoms with van der Waals surface area (Å²) in [5.74, 6) is 0.146. The van der Waals surface area contributed by atoms with Crippen LogP contribution in [0.15, 0.2) is 54.6 Å². The lowest BCUT2D eigenvalue weighted by Gasteiger charge is -2.16. The number of hydrogen-bond donors (Lipinski definition) is 1. The Labute approximate surface area is 162 Å². The highest BCUT2D eigenvalue weighted by molar-refractivity contribution is 5.92. The summed E-state index contributed by atoms with van der Waals surface area (Å²) < 4.78 is 0. The lowest BCUT2D eigenvalue weighted by Crippen LogP contribution is -2.25. The summed E-state index contributed by atoms with van der Waals surface area (Å²) in [7, 11) is 1.84. The number of amides is 1. The van der Waals surface area contributed by atoms with Crippen molar-refractivity contribution in [2.24, 2.45) is 0 Å². The van der Waals surface area contributed by atoms with Gasteiger partial charge in [0.15, 0.2) is 0 Å². The molecule has 1 aromatic carbocycles. The third-order valence-corrected chi connectivity index (χ3v) is 5.08. The molecule has 0 fully saturated rings. The van der Waals surface area contributed by atoms with Crippen LogP contribution >= 0.6 is 0 Å². The van der Waals surface area contributed by atoms with Gasteiger partial charge in [-0.1, -0.05) is 42.5 Å². The number of rotatable bonds is 7. The molecule has 0 radical (unpaired) electrons. The molecule has 0 bridgehead atoms. The molecule has 1 amide bonds. The molecule has 0 saturated heterocycles. The molecule has 0 aliphatic heterocycles. The Balaban J connectivity index is 1.41. The van der Waals surface area contributed by atoms with Gasteiger partial charge in [0.05, 0.1) is 5.69 Å². The van der Waals surface area contributed by atoms with E-state index in [0.29, 0.717) is 6.42 Å². The number of para-hydroxylation sites is 1. The van der Waals surface area contributed by atoms with Gasteiger partial charge in [0.1, 0.15) is 0 Å². The number of anilines is 1. The number of nitrogens with zero attached hydrogens (tertiary/aromatic N) is 2. The normalized spacial score (nSPS) is 15.1. The summed E-state index contributed by atoms with van der Waals surface area (Å²) in [6.45, 7) is 0. The molecule has 3 rings (SSSR count). The van der Waals surface area contributed by atoms with Crippen molar-refractivity contribution in [1.82, 2.24) is 10.2 Å². The maximum atomic E-state index is 12.3. The Hall–Kier alpha value is -2.62. The molecular weight excluding hydrogens is 334 g/mol. The topological polar surface area (TPSA) is 49.0 Å². The summed E-state index contributed by atoms with van der Waals surface area (Å²) in [6.07, 6.45) is 16.4. The Morgan fingerprint density at radius 3 is 2.67 bits per heavy atom. The average molecular weight is 364 g/mol. The highest BCUT2D eigenvalue weighted by atomic mass is 16.2. The van der Waals surface area contributed by atoms with Crippen LogP contribution in [0.1, 0.15) is 49.1 Å². The molecule has 4 heteroatoms. The molecule has 1 aromatic heterocycles. The molecule has 1 aliphatic carbocycles. The SMILES string of the molecule is CN(C(=O)CC/C=C/CCc1n[nH]c2c1CC/C=C\CC2)c1ccccc1. The van der Waals surface area contributed by atoms with E-state index in [1.54, 1.807) is 4.90 Å². The first kappa shape index (κ1) is 19.2. The molecule has 142 valence electrons. The van der Waals surface area contributed by atoms with Gasteiger partial charge in [-0.25, -0.2) is 0 Å². The van der Waals surface area contributed by atoms with Crippen LogP contribution in [0.4, 0.5) is 5.69 Å². The van der Waals surface area contributed by atoms with Crippen LogP contribution in [0.25, 0.3) is 0 Å². The summed E-state index contributed by atoms with van der Waals surface area (Å²) in [5, 5.41) is 7.77. The first-order chi connectivity index (χ1) is 13.3. The minimum atomic E-state index is 0.146. The Morgan fingerprint density at radius 2 is 1.85 bits per heavy atom. The number of benzene rings is 1. The van der Waals surface area contributed by atoms with Crippen molar-refractivity contribution < 1.29 is 4.79 Å². The highest BCUT2D eigenvalue weighted by Gasteiger charge is 2.12. The van der Waals surface area contributed by atoms with Crippen LogP contribution in [0.3, 0.4) is 0 Å². The minimum absolute atomic E-state index is 0.146.